The van der Waals surface area contributed by atoms with Crippen LogP contribution < -0.4 is 5.73 Å². The Labute approximate surface area is 107 Å². The Balaban J connectivity index is 1.88. The molecule has 0 unspecified atom stereocenters. The monoisotopic (exact) mass is 248 g/mol. The number of benzene rings is 1. The lowest BCUT2D eigenvalue weighted by molar-refractivity contribution is 0.0274. The van der Waals surface area contributed by atoms with Gasteiger partial charge in [-0.25, -0.2) is 0 Å². The van der Waals surface area contributed by atoms with Crippen molar-refractivity contribution in [2.45, 2.75) is 25.5 Å². The molecular weight excluding hydrogens is 228 g/mol. The first-order chi connectivity index (χ1) is 8.54. The zero-order valence-electron chi connectivity index (χ0n) is 10.7. The molecule has 1 aliphatic rings. The molecule has 1 saturated carbocycles. The van der Waals surface area contributed by atoms with E-state index in [1.165, 1.54) is 0 Å². The van der Waals surface area contributed by atoms with Gasteiger partial charge in [-0.05, 0) is 43.5 Å². The summed E-state index contributed by atoms with van der Waals surface area (Å²) < 4.78 is 0. The third kappa shape index (κ3) is 3.31. The average Bonchev–Trinajstić information content (AvgIpc) is 2.27. The number of nitrogens with two attached hydrogens (primary N) is 1. The number of rotatable bonds is 5. The van der Waals surface area contributed by atoms with Crippen LogP contribution in [-0.2, 0) is 6.54 Å². The quantitative estimate of drug-likeness (QED) is 0.816. The summed E-state index contributed by atoms with van der Waals surface area (Å²) in [6.07, 6.45) is 1.72. The highest BCUT2D eigenvalue weighted by atomic mass is 16.3. The smallest absolute Gasteiger partial charge is 0.248 e. The van der Waals surface area contributed by atoms with Gasteiger partial charge in [-0.3, -0.25) is 4.79 Å². The molecule has 18 heavy (non-hydrogen) atoms. The molecular formula is C14H20N2O2. The van der Waals surface area contributed by atoms with Gasteiger partial charge in [-0.2, -0.15) is 0 Å². The second-order valence-corrected chi connectivity index (χ2v) is 5.25. The van der Waals surface area contributed by atoms with E-state index in [2.05, 4.69) is 11.9 Å². The van der Waals surface area contributed by atoms with Crippen molar-refractivity contribution in [1.82, 2.24) is 4.90 Å². The maximum absolute atomic E-state index is 11.1. The molecule has 0 spiro atoms. The van der Waals surface area contributed by atoms with Gasteiger partial charge in [0.05, 0.1) is 6.10 Å². The predicted molar refractivity (Wildman–Crippen MR) is 70.0 cm³/mol. The van der Waals surface area contributed by atoms with Crippen molar-refractivity contribution in [3.8, 4) is 0 Å². The first kappa shape index (κ1) is 13.1. The molecule has 3 N–H and O–H groups in total. The number of nitrogens with zero attached hydrogens (tertiary/aromatic N) is 1. The van der Waals surface area contributed by atoms with E-state index in [9.17, 15) is 9.90 Å². The van der Waals surface area contributed by atoms with E-state index >= 15 is 0 Å². The van der Waals surface area contributed by atoms with Crippen molar-refractivity contribution in [3.63, 3.8) is 0 Å². The number of carbonyl (C=O) groups excluding carboxylic acids is 1. The first-order valence-electron chi connectivity index (χ1n) is 6.30. The van der Waals surface area contributed by atoms with E-state index in [0.717, 1.165) is 31.5 Å². The number of carbonyl (C=O) groups is 1. The van der Waals surface area contributed by atoms with Gasteiger partial charge in [0, 0.05) is 18.7 Å². The summed E-state index contributed by atoms with van der Waals surface area (Å²) in [4.78, 5) is 13.3. The summed E-state index contributed by atoms with van der Waals surface area (Å²) in [5, 5.41) is 9.25. The number of amides is 1. The maximum atomic E-state index is 11.1. The average molecular weight is 248 g/mol. The molecule has 0 atom stereocenters. The zero-order valence-corrected chi connectivity index (χ0v) is 10.7. The van der Waals surface area contributed by atoms with Gasteiger partial charge >= 0.3 is 0 Å². The molecule has 2 rings (SSSR count). The fraction of sp³-hybridized carbons (Fsp3) is 0.500. The van der Waals surface area contributed by atoms with Crippen molar-refractivity contribution in [2.75, 3.05) is 13.6 Å². The molecule has 98 valence electrons. The normalized spacial score (nSPS) is 22.8. The fourth-order valence-corrected chi connectivity index (χ4v) is 2.49. The molecule has 1 amide bonds. The Morgan fingerprint density at radius 3 is 2.83 bits per heavy atom. The SMILES string of the molecule is CN(Cc1cccc(C(N)=O)c1)CC1CC(O)C1. The largest absolute Gasteiger partial charge is 0.393 e. The molecule has 0 bridgehead atoms. The number of hydrogen-bond acceptors (Lipinski definition) is 3. The molecule has 0 aliphatic heterocycles. The molecule has 4 nitrogen and oxygen atoms in total. The summed E-state index contributed by atoms with van der Waals surface area (Å²) in [6.45, 7) is 1.78. The van der Waals surface area contributed by atoms with Gasteiger partial charge in [-0.1, -0.05) is 12.1 Å². The van der Waals surface area contributed by atoms with E-state index in [-0.39, 0.29) is 12.0 Å². The Bertz CT molecular complexity index is 428. The van der Waals surface area contributed by atoms with Gasteiger partial charge < -0.3 is 15.7 Å². The lowest BCUT2D eigenvalue weighted by Gasteiger charge is -2.34. The van der Waals surface area contributed by atoms with Crippen LogP contribution in [0.15, 0.2) is 24.3 Å². The van der Waals surface area contributed by atoms with Crippen molar-refractivity contribution >= 4 is 5.91 Å². The van der Waals surface area contributed by atoms with Crippen molar-refractivity contribution in [1.29, 1.82) is 0 Å². The van der Waals surface area contributed by atoms with Gasteiger partial charge in [0.1, 0.15) is 0 Å². The molecule has 0 radical (unpaired) electrons. The van der Waals surface area contributed by atoms with Crippen molar-refractivity contribution < 1.29 is 9.90 Å². The Morgan fingerprint density at radius 2 is 2.22 bits per heavy atom. The molecule has 1 aromatic rings. The highest BCUT2D eigenvalue weighted by Crippen LogP contribution is 2.27. The van der Waals surface area contributed by atoms with Crippen LogP contribution >= 0.6 is 0 Å². The number of primary amides is 1. The van der Waals surface area contributed by atoms with Crippen molar-refractivity contribution in [2.24, 2.45) is 11.7 Å². The van der Waals surface area contributed by atoms with Crippen LogP contribution in [0.4, 0.5) is 0 Å². The third-order valence-corrected chi connectivity index (χ3v) is 3.44. The summed E-state index contributed by atoms with van der Waals surface area (Å²) in [7, 11) is 2.06. The van der Waals surface area contributed by atoms with Crippen molar-refractivity contribution in [3.05, 3.63) is 35.4 Å². The molecule has 4 heteroatoms. The number of aliphatic hydroxyl groups excluding tert-OH is 1. The molecule has 0 heterocycles. The maximum Gasteiger partial charge on any atom is 0.248 e. The zero-order chi connectivity index (χ0) is 13.1. The van der Waals surface area contributed by atoms with Gasteiger partial charge in [0.25, 0.3) is 0 Å². The van der Waals surface area contributed by atoms with E-state index in [1.54, 1.807) is 6.07 Å². The van der Waals surface area contributed by atoms with Crippen LogP contribution in [0.5, 0.6) is 0 Å². The summed E-state index contributed by atoms with van der Waals surface area (Å²) >= 11 is 0. The molecule has 0 saturated heterocycles. The van der Waals surface area contributed by atoms with E-state index in [1.807, 2.05) is 18.2 Å². The lowest BCUT2D eigenvalue weighted by Crippen LogP contribution is -2.36. The molecule has 0 aromatic heterocycles. The minimum Gasteiger partial charge on any atom is -0.393 e. The van der Waals surface area contributed by atoms with Crippen LogP contribution in [0.2, 0.25) is 0 Å². The van der Waals surface area contributed by atoms with E-state index in [0.29, 0.717) is 11.5 Å². The highest BCUT2D eigenvalue weighted by molar-refractivity contribution is 5.92. The van der Waals surface area contributed by atoms with Crippen LogP contribution in [0, 0.1) is 5.92 Å². The standard InChI is InChI=1S/C14H20N2O2/c1-16(9-11-6-13(17)7-11)8-10-3-2-4-12(5-10)14(15)18/h2-5,11,13,17H,6-9H2,1H3,(H2,15,18). The number of hydrogen-bond donors (Lipinski definition) is 2. The van der Waals surface area contributed by atoms with Crippen LogP contribution in [0.3, 0.4) is 0 Å². The topological polar surface area (TPSA) is 66.6 Å². The Morgan fingerprint density at radius 1 is 1.50 bits per heavy atom. The van der Waals surface area contributed by atoms with E-state index in [4.69, 9.17) is 5.73 Å². The molecule has 1 aromatic carbocycles. The third-order valence-electron chi connectivity index (χ3n) is 3.44. The summed E-state index contributed by atoms with van der Waals surface area (Å²) in [5.74, 6) is 0.214. The fourth-order valence-electron chi connectivity index (χ4n) is 2.49. The predicted octanol–water partition coefficient (Wildman–Crippen LogP) is 0.988. The van der Waals surface area contributed by atoms with Gasteiger partial charge in [0.2, 0.25) is 5.91 Å². The van der Waals surface area contributed by atoms with Crippen LogP contribution in [0.25, 0.3) is 0 Å². The van der Waals surface area contributed by atoms with Gasteiger partial charge in [-0.15, -0.1) is 0 Å². The van der Waals surface area contributed by atoms with Gasteiger partial charge in [0.15, 0.2) is 0 Å². The Hall–Kier alpha value is -1.39. The minimum atomic E-state index is -0.387. The Kier molecular flexibility index (Phi) is 3.99. The van der Waals surface area contributed by atoms with Crippen LogP contribution in [-0.4, -0.2) is 35.6 Å². The lowest BCUT2D eigenvalue weighted by atomic mass is 9.82. The minimum absolute atomic E-state index is 0.0958. The summed E-state index contributed by atoms with van der Waals surface area (Å²) in [5.41, 5.74) is 6.91. The molecule has 1 fully saturated rings. The highest BCUT2D eigenvalue weighted by Gasteiger charge is 2.27. The molecule has 1 aliphatic carbocycles. The second kappa shape index (κ2) is 5.50. The first-order valence-corrected chi connectivity index (χ1v) is 6.30. The van der Waals surface area contributed by atoms with Crippen LogP contribution in [0.1, 0.15) is 28.8 Å². The van der Waals surface area contributed by atoms with E-state index < -0.39 is 0 Å². The second-order valence-electron chi connectivity index (χ2n) is 5.25. The summed E-state index contributed by atoms with van der Waals surface area (Å²) in [6, 6.07) is 7.43. The number of aliphatic hydroxyl groups is 1.